The first-order valence-corrected chi connectivity index (χ1v) is 8.13. The number of nitrogens with one attached hydrogen (secondary N) is 1. The zero-order valence-corrected chi connectivity index (χ0v) is 15.5. The Morgan fingerprint density at radius 2 is 2.12 bits per heavy atom. The van der Waals surface area contributed by atoms with Crippen molar-refractivity contribution in [3.63, 3.8) is 0 Å². The van der Waals surface area contributed by atoms with E-state index in [4.69, 9.17) is 4.74 Å². The number of hydrogen-bond acceptors (Lipinski definition) is 5. The highest BCUT2D eigenvalue weighted by molar-refractivity contribution is 5.94. The van der Waals surface area contributed by atoms with Gasteiger partial charge in [-0.15, -0.1) is 12.4 Å². The molecule has 1 amide bonds. The molecule has 0 radical (unpaired) electrons. The zero-order valence-electron chi connectivity index (χ0n) is 14.7. The number of rotatable bonds is 5. The van der Waals surface area contributed by atoms with Crippen molar-refractivity contribution in [1.82, 2.24) is 20.0 Å². The smallest absolute Gasteiger partial charge is 0.328 e. The number of nitrogens with zero attached hydrogens (tertiary/aromatic N) is 3. The summed E-state index contributed by atoms with van der Waals surface area (Å²) in [6.07, 6.45) is 3.78. The van der Waals surface area contributed by atoms with Gasteiger partial charge in [-0.1, -0.05) is 0 Å². The molecule has 2 heterocycles. The SMILES string of the molecule is CC(C)OC(=O)C(C)N(C)C(=O)c1ccn(C2CCCNC2)n1.Cl. The molecule has 136 valence electrons. The van der Waals surface area contributed by atoms with Crippen LogP contribution in [-0.4, -0.2) is 58.8 Å². The summed E-state index contributed by atoms with van der Waals surface area (Å²) < 4.78 is 6.99. The molecule has 1 aliphatic heterocycles. The maximum atomic E-state index is 12.5. The van der Waals surface area contributed by atoms with Crippen molar-refractivity contribution in [2.24, 2.45) is 0 Å². The Bertz CT molecular complexity index is 555. The first-order valence-electron chi connectivity index (χ1n) is 8.13. The number of carbonyl (C=O) groups is 2. The van der Waals surface area contributed by atoms with E-state index in [1.165, 1.54) is 4.90 Å². The number of likely N-dealkylation sites (N-methyl/N-ethyl adjacent to an activating group) is 1. The fraction of sp³-hybridized carbons (Fsp3) is 0.688. The molecule has 0 saturated carbocycles. The topological polar surface area (TPSA) is 76.5 Å². The molecule has 1 fully saturated rings. The molecule has 0 aromatic carbocycles. The van der Waals surface area contributed by atoms with Crippen LogP contribution in [0.1, 0.15) is 50.1 Å². The molecular formula is C16H27ClN4O3. The number of halogens is 1. The van der Waals surface area contributed by atoms with Crippen molar-refractivity contribution in [1.29, 1.82) is 0 Å². The largest absolute Gasteiger partial charge is 0.461 e. The standard InChI is InChI=1S/C16H26N4O3.ClH/c1-11(2)23-16(22)12(3)19(4)15(21)14-7-9-20(18-14)13-6-5-8-17-10-13;/h7,9,11-13,17H,5-6,8,10H2,1-4H3;1H. The van der Waals surface area contributed by atoms with Crippen molar-refractivity contribution in [2.75, 3.05) is 20.1 Å². The molecule has 2 rings (SSSR count). The van der Waals surface area contributed by atoms with Crippen LogP contribution in [0.4, 0.5) is 0 Å². The van der Waals surface area contributed by atoms with E-state index in [0.29, 0.717) is 5.69 Å². The minimum Gasteiger partial charge on any atom is -0.461 e. The third-order valence-electron chi connectivity index (χ3n) is 4.07. The molecule has 1 aromatic rings. The lowest BCUT2D eigenvalue weighted by Crippen LogP contribution is -2.42. The van der Waals surface area contributed by atoms with Gasteiger partial charge in [-0.05, 0) is 46.2 Å². The van der Waals surface area contributed by atoms with Gasteiger partial charge in [0.15, 0.2) is 0 Å². The summed E-state index contributed by atoms with van der Waals surface area (Å²) >= 11 is 0. The summed E-state index contributed by atoms with van der Waals surface area (Å²) in [6, 6.07) is 1.33. The normalized spacial score (nSPS) is 18.6. The Balaban J connectivity index is 0.00000288. The lowest BCUT2D eigenvalue weighted by molar-refractivity contribution is -0.151. The maximum absolute atomic E-state index is 12.5. The summed E-state index contributed by atoms with van der Waals surface area (Å²) in [5.41, 5.74) is 0.349. The van der Waals surface area contributed by atoms with E-state index >= 15 is 0 Å². The second-order valence-corrected chi connectivity index (χ2v) is 6.26. The molecule has 1 aliphatic rings. The first-order chi connectivity index (χ1) is 10.9. The highest BCUT2D eigenvalue weighted by Gasteiger charge is 2.27. The van der Waals surface area contributed by atoms with Gasteiger partial charge in [0, 0.05) is 19.8 Å². The van der Waals surface area contributed by atoms with Crippen LogP contribution in [0.25, 0.3) is 0 Å². The van der Waals surface area contributed by atoms with E-state index in [1.807, 2.05) is 10.9 Å². The van der Waals surface area contributed by atoms with Crippen molar-refractivity contribution in [3.05, 3.63) is 18.0 Å². The first kappa shape index (κ1) is 20.4. The van der Waals surface area contributed by atoms with E-state index < -0.39 is 12.0 Å². The Morgan fingerprint density at radius 1 is 1.42 bits per heavy atom. The van der Waals surface area contributed by atoms with Gasteiger partial charge in [0.25, 0.3) is 5.91 Å². The molecule has 0 bridgehead atoms. The van der Waals surface area contributed by atoms with Crippen LogP contribution in [0.5, 0.6) is 0 Å². The molecule has 0 aliphatic carbocycles. The van der Waals surface area contributed by atoms with E-state index in [9.17, 15) is 9.59 Å². The van der Waals surface area contributed by atoms with Crippen molar-refractivity contribution >= 4 is 24.3 Å². The summed E-state index contributed by atoms with van der Waals surface area (Å²) in [4.78, 5) is 25.8. The number of hydrogen-bond donors (Lipinski definition) is 1. The molecule has 24 heavy (non-hydrogen) atoms. The summed E-state index contributed by atoms with van der Waals surface area (Å²) in [5.74, 6) is -0.688. The average molecular weight is 359 g/mol. The minimum absolute atomic E-state index is 0. The molecule has 7 nitrogen and oxygen atoms in total. The zero-order chi connectivity index (χ0) is 17.0. The second kappa shape index (κ2) is 9.03. The predicted octanol–water partition coefficient (Wildman–Crippen LogP) is 1.64. The number of piperidine rings is 1. The van der Waals surface area contributed by atoms with Crippen LogP contribution in [0.2, 0.25) is 0 Å². The molecule has 0 spiro atoms. The van der Waals surface area contributed by atoms with Crippen molar-refractivity contribution in [3.8, 4) is 0 Å². The maximum Gasteiger partial charge on any atom is 0.328 e. The highest BCUT2D eigenvalue weighted by Crippen LogP contribution is 2.16. The predicted molar refractivity (Wildman–Crippen MR) is 93.4 cm³/mol. The van der Waals surface area contributed by atoms with Gasteiger partial charge in [0.05, 0.1) is 12.1 Å². The third-order valence-corrected chi connectivity index (χ3v) is 4.07. The number of ether oxygens (including phenoxy) is 1. The third kappa shape index (κ3) is 4.95. The number of amides is 1. The number of carbonyl (C=O) groups excluding carboxylic acids is 2. The van der Waals surface area contributed by atoms with Gasteiger partial charge >= 0.3 is 5.97 Å². The van der Waals surface area contributed by atoms with E-state index in [2.05, 4.69) is 10.4 Å². The van der Waals surface area contributed by atoms with Crippen molar-refractivity contribution < 1.29 is 14.3 Å². The summed E-state index contributed by atoms with van der Waals surface area (Å²) in [5, 5.41) is 7.72. The average Bonchev–Trinajstić information content (AvgIpc) is 3.03. The van der Waals surface area contributed by atoms with Gasteiger partial charge in [0.2, 0.25) is 0 Å². The Kier molecular flexibility index (Phi) is 7.69. The fourth-order valence-corrected chi connectivity index (χ4v) is 2.56. The molecule has 2 atom stereocenters. The summed E-state index contributed by atoms with van der Waals surface area (Å²) in [7, 11) is 1.59. The lowest BCUT2D eigenvalue weighted by Gasteiger charge is -2.24. The molecule has 1 N–H and O–H groups in total. The number of aromatic nitrogens is 2. The molecular weight excluding hydrogens is 332 g/mol. The summed E-state index contributed by atoms with van der Waals surface area (Å²) in [6.45, 7) is 7.12. The quantitative estimate of drug-likeness (QED) is 0.810. The Labute approximate surface area is 149 Å². The van der Waals surface area contributed by atoms with Crippen LogP contribution in [0.3, 0.4) is 0 Å². The van der Waals surface area contributed by atoms with Gasteiger partial charge in [0.1, 0.15) is 11.7 Å². The van der Waals surface area contributed by atoms with Crippen LogP contribution in [0.15, 0.2) is 12.3 Å². The van der Waals surface area contributed by atoms with Gasteiger partial charge in [-0.2, -0.15) is 5.10 Å². The monoisotopic (exact) mass is 358 g/mol. The van der Waals surface area contributed by atoms with E-state index in [1.54, 1.807) is 33.9 Å². The van der Waals surface area contributed by atoms with Gasteiger partial charge < -0.3 is 15.0 Å². The van der Waals surface area contributed by atoms with E-state index in [-0.39, 0.29) is 30.5 Å². The minimum atomic E-state index is -0.647. The van der Waals surface area contributed by atoms with Crippen LogP contribution >= 0.6 is 12.4 Å². The molecule has 1 saturated heterocycles. The fourth-order valence-electron chi connectivity index (χ4n) is 2.56. The second-order valence-electron chi connectivity index (χ2n) is 6.26. The van der Waals surface area contributed by atoms with E-state index in [0.717, 1.165) is 25.9 Å². The molecule has 8 heteroatoms. The van der Waals surface area contributed by atoms with Crippen LogP contribution in [-0.2, 0) is 9.53 Å². The van der Waals surface area contributed by atoms with Crippen molar-refractivity contribution in [2.45, 2.75) is 51.8 Å². The van der Waals surface area contributed by atoms with Gasteiger partial charge in [-0.3, -0.25) is 9.48 Å². The van der Waals surface area contributed by atoms with Gasteiger partial charge in [-0.25, -0.2) is 4.79 Å². The lowest BCUT2D eigenvalue weighted by atomic mass is 10.1. The Hall–Kier alpha value is -1.60. The van der Waals surface area contributed by atoms with Crippen LogP contribution in [0, 0.1) is 0 Å². The Morgan fingerprint density at radius 3 is 2.71 bits per heavy atom. The molecule has 1 aromatic heterocycles. The highest BCUT2D eigenvalue weighted by atomic mass is 35.5. The number of esters is 1. The molecule has 2 unspecified atom stereocenters. The van der Waals surface area contributed by atoms with Crippen LogP contribution < -0.4 is 5.32 Å².